The molecule has 0 bridgehead atoms. The molecule has 0 saturated heterocycles. The fourth-order valence-corrected chi connectivity index (χ4v) is 3.66. The van der Waals surface area contributed by atoms with E-state index in [0.29, 0.717) is 0 Å². The highest BCUT2D eigenvalue weighted by Gasteiger charge is 2.27. The van der Waals surface area contributed by atoms with Crippen LogP contribution in [0.2, 0.25) is 0 Å². The lowest BCUT2D eigenvalue weighted by atomic mass is 10.1. The van der Waals surface area contributed by atoms with Crippen molar-refractivity contribution in [3.8, 4) is 6.07 Å². The third kappa shape index (κ3) is 2.51. The second-order valence-electron chi connectivity index (χ2n) is 2.69. The molecule has 0 aliphatic carbocycles. The molecule has 0 amide bonds. The van der Waals surface area contributed by atoms with Crippen LogP contribution in [0.3, 0.4) is 0 Å². The van der Waals surface area contributed by atoms with E-state index in [9.17, 15) is 17.2 Å². The molecule has 0 aromatic heterocycles. The molecule has 0 aliphatic heterocycles. The van der Waals surface area contributed by atoms with Crippen molar-refractivity contribution < 1.29 is 17.2 Å². The number of nitrogens with zero attached hydrogens (tertiary/aromatic N) is 1. The maximum Gasteiger partial charge on any atom is 0.266 e. The normalized spacial score (nSPS) is 11.5. The molecule has 0 radical (unpaired) electrons. The van der Waals surface area contributed by atoms with Crippen molar-refractivity contribution in [1.29, 1.82) is 5.26 Å². The number of halogens is 4. The van der Waals surface area contributed by atoms with E-state index in [0.717, 1.165) is 6.07 Å². The number of benzene rings is 1. The summed E-state index contributed by atoms with van der Waals surface area (Å²) in [6.07, 6.45) is -3.10. The lowest BCUT2D eigenvalue weighted by Crippen LogP contribution is -2.03. The van der Waals surface area contributed by atoms with E-state index in [1.165, 1.54) is 12.1 Å². The van der Waals surface area contributed by atoms with Gasteiger partial charge in [-0.1, -0.05) is 0 Å². The van der Waals surface area contributed by atoms with E-state index in [2.05, 4.69) is 15.9 Å². The van der Waals surface area contributed by atoms with Crippen LogP contribution in [0.4, 0.5) is 8.78 Å². The van der Waals surface area contributed by atoms with Gasteiger partial charge >= 0.3 is 0 Å². The number of hydrogen-bond acceptors (Lipinski definition) is 3. The molecule has 1 aromatic carbocycles. The van der Waals surface area contributed by atoms with Gasteiger partial charge in [-0.15, -0.1) is 0 Å². The predicted octanol–water partition coefficient (Wildman–Crippen LogP) is 3.19. The van der Waals surface area contributed by atoms with Gasteiger partial charge in [-0.3, -0.25) is 0 Å². The maximum atomic E-state index is 12.7. The van der Waals surface area contributed by atoms with Crippen LogP contribution in [0.15, 0.2) is 21.5 Å². The van der Waals surface area contributed by atoms with Crippen LogP contribution >= 0.6 is 26.6 Å². The van der Waals surface area contributed by atoms with E-state index < -0.39 is 31.5 Å². The van der Waals surface area contributed by atoms with Gasteiger partial charge in [0.05, 0.1) is 17.2 Å². The summed E-state index contributed by atoms with van der Waals surface area (Å²) in [5.41, 5.74) is -1.30. The molecular weight excluding hydrogens is 328 g/mol. The Morgan fingerprint density at radius 2 is 2.00 bits per heavy atom. The van der Waals surface area contributed by atoms with E-state index in [1.807, 2.05) is 0 Å². The number of alkyl halides is 2. The van der Waals surface area contributed by atoms with Gasteiger partial charge in [0.1, 0.15) is 4.90 Å². The molecular formula is C8H3BrClF2NO2S. The van der Waals surface area contributed by atoms with Gasteiger partial charge in [0.2, 0.25) is 0 Å². The van der Waals surface area contributed by atoms with Crippen molar-refractivity contribution in [3.05, 3.63) is 27.7 Å². The van der Waals surface area contributed by atoms with Crippen molar-refractivity contribution in [2.24, 2.45) is 0 Å². The molecule has 0 aliphatic rings. The number of rotatable bonds is 2. The van der Waals surface area contributed by atoms with Crippen molar-refractivity contribution in [2.75, 3.05) is 0 Å². The Morgan fingerprint density at radius 1 is 1.44 bits per heavy atom. The molecule has 0 atom stereocenters. The molecule has 0 spiro atoms. The Labute approximate surface area is 103 Å². The lowest BCUT2D eigenvalue weighted by Gasteiger charge is -2.09. The van der Waals surface area contributed by atoms with Gasteiger partial charge in [-0.2, -0.15) is 5.26 Å². The first kappa shape index (κ1) is 13.4. The van der Waals surface area contributed by atoms with Crippen LogP contribution in [-0.2, 0) is 9.05 Å². The zero-order valence-corrected chi connectivity index (χ0v) is 10.6. The van der Waals surface area contributed by atoms with Crippen molar-refractivity contribution in [1.82, 2.24) is 0 Å². The molecule has 1 aromatic rings. The topological polar surface area (TPSA) is 57.9 Å². The first-order valence-corrected chi connectivity index (χ1v) is 6.84. The predicted molar refractivity (Wildman–Crippen MR) is 56.9 cm³/mol. The highest BCUT2D eigenvalue weighted by molar-refractivity contribution is 9.10. The minimum atomic E-state index is -4.35. The fourth-order valence-electron chi connectivity index (χ4n) is 1.13. The highest BCUT2D eigenvalue weighted by atomic mass is 79.9. The summed E-state index contributed by atoms with van der Waals surface area (Å²) in [5.74, 6) is 0. The second-order valence-corrected chi connectivity index (χ2v) is 6.05. The van der Waals surface area contributed by atoms with E-state index >= 15 is 0 Å². The van der Waals surface area contributed by atoms with Crippen LogP contribution < -0.4 is 0 Å². The zero-order chi connectivity index (χ0) is 12.5. The standard InChI is InChI=1S/C8H3BrClF2NO2S/c9-5-2-1-4(3-13)6(8(11)12)7(5)16(10,14)15/h1-2,8H. The van der Waals surface area contributed by atoms with Gasteiger partial charge in [0.25, 0.3) is 15.5 Å². The third-order valence-corrected chi connectivity index (χ3v) is 4.04. The Kier molecular flexibility index (Phi) is 3.88. The summed E-state index contributed by atoms with van der Waals surface area (Å²) >= 11 is 2.81. The van der Waals surface area contributed by atoms with Gasteiger partial charge in [-0.25, -0.2) is 17.2 Å². The van der Waals surface area contributed by atoms with Crippen LogP contribution in [0.1, 0.15) is 17.6 Å². The van der Waals surface area contributed by atoms with Gasteiger partial charge in [-0.05, 0) is 28.1 Å². The molecule has 0 saturated carbocycles. The summed E-state index contributed by atoms with van der Waals surface area (Å²) in [6, 6.07) is 3.77. The summed E-state index contributed by atoms with van der Waals surface area (Å²) in [4.78, 5) is -0.761. The Bertz CT molecular complexity index is 568. The maximum absolute atomic E-state index is 12.7. The highest BCUT2D eigenvalue weighted by Crippen LogP contribution is 2.36. The molecule has 16 heavy (non-hydrogen) atoms. The van der Waals surface area contributed by atoms with Crippen LogP contribution in [0.25, 0.3) is 0 Å². The first-order chi connectivity index (χ1) is 7.29. The molecule has 86 valence electrons. The largest absolute Gasteiger partial charge is 0.266 e. The van der Waals surface area contributed by atoms with E-state index in [1.54, 1.807) is 0 Å². The first-order valence-electron chi connectivity index (χ1n) is 3.74. The van der Waals surface area contributed by atoms with E-state index in [4.69, 9.17) is 15.9 Å². The van der Waals surface area contributed by atoms with Crippen LogP contribution in [0, 0.1) is 11.3 Å². The molecule has 3 nitrogen and oxygen atoms in total. The van der Waals surface area contributed by atoms with Gasteiger partial charge < -0.3 is 0 Å². The molecule has 0 unspecified atom stereocenters. The van der Waals surface area contributed by atoms with E-state index in [-0.39, 0.29) is 4.47 Å². The molecule has 0 fully saturated rings. The smallest absolute Gasteiger partial charge is 0.207 e. The quantitative estimate of drug-likeness (QED) is 0.783. The summed E-state index contributed by atoms with van der Waals surface area (Å²) in [6.45, 7) is 0. The number of hydrogen-bond donors (Lipinski definition) is 0. The van der Waals surface area contributed by atoms with Gasteiger partial charge in [0.15, 0.2) is 0 Å². The summed E-state index contributed by atoms with van der Waals surface area (Å²) in [7, 11) is 0.694. The Balaban J connectivity index is 3.78. The average Bonchev–Trinajstić information content (AvgIpc) is 2.15. The molecule has 0 N–H and O–H groups in total. The average molecular weight is 331 g/mol. The monoisotopic (exact) mass is 329 g/mol. The zero-order valence-electron chi connectivity index (χ0n) is 7.42. The summed E-state index contributed by atoms with van der Waals surface area (Å²) < 4.78 is 47.6. The van der Waals surface area contributed by atoms with Crippen molar-refractivity contribution in [2.45, 2.75) is 11.3 Å². The fraction of sp³-hybridized carbons (Fsp3) is 0.125. The van der Waals surface area contributed by atoms with Crippen molar-refractivity contribution >= 4 is 35.7 Å². The molecule has 0 heterocycles. The van der Waals surface area contributed by atoms with Crippen LogP contribution in [-0.4, -0.2) is 8.42 Å². The Morgan fingerprint density at radius 3 is 2.38 bits per heavy atom. The third-order valence-electron chi connectivity index (χ3n) is 1.73. The van der Waals surface area contributed by atoms with Gasteiger partial charge in [0, 0.05) is 15.2 Å². The van der Waals surface area contributed by atoms with Crippen LogP contribution in [0.5, 0.6) is 0 Å². The molecule has 8 heteroatoms. The summed E-state index contributed by atoms with van der Waals surface area (Å²) in [5, 5.41) is 8.61. The minimum Gasteiger partial charge on any atom is -0.207 e. The Hall–Kier alpha value is -0.710. The second kappa shape index (κ2) is 4.65. The molecule has 1 rings (SSSR count). The van der Waals surface area contributed by atoms with Crippen molar-refractivity contribution in [3.63, 3.8) is 0 Å². The SMILES string of the molecule is N#Cc1ccc(Br)c(S(=O)(=O)Cl)c1C(F)F. The number of nitriles is 1. The minimum absolute atomic E-state index is 0.100. The lowest BCUT2D eigenvalue weighted by molar-refractivity contribution is 0.147.